The number of benzene rings is 2. The standard InChI is InChI=1S/C22H25N3O6/c1-28-17-8-7-15(10-20(17)29-2)25-12-14(9-21(25)26)24-22(27)23-11-16-13-30-18-5-3-4-6-19(18)31-16/h3-8,10,14,16H,9,11-13H2,1-2H3,(H2,23,24,27). The number of rotatable bonds is 6. The Morgan fingerprint density at radius 2 is 1.90 bits per heavy atom. The molecule has 0 radical (unpaired) electrons. The van der Waals surface area contributed by atoms with E-state index in [1.807, 2.05) is 24.3 Å². The smallest absolute Gasteiger partial charge is 0.315 e. The molecule has 0 aromatic heterocycles. The molecular formula is C22H25N3O6. The summed E-state index contributed by atoms with van der Waals surface area (Å²) in [5.41, 5.74) is 0.693. The van der Waals surface area contributed by atoms with Crippen molar-refractivity contribution in [2.75, 3.05) is 38.8 Å². The molecule has 2 aromatic carbocycles. The lowest BCUT2D eigenvalue weighted by Crippen LogP contribution is -2.47. The third-order valence-electron chi connectivity index (χ3n) is 5.20. The van der Waals surface area contributed by atoms with Gasteiger partial charge >= 0.3 is 6.03 Å². The first kappa shape index (κ1) is 20.6. The lowest BCUT2D eigenvalue weighted by atomic mass is 10.2. The van der Waals surface area contributed by atoms with E-state index in [4.69, 9.17) is 18.9 Å². The minimum atomic E-state index is -0.352. The molecule has 0 saturated carbocycles. The average Bonchev–Trinajstić information content (AvgIpc) is 3.16. The Morgan fingerprint density at radius 3 is 2.68 bits per heavy atom. The summed E-state index contributed by atoms with van der Waals surface area (Å²) >= 11 is 0. The molecule has 164 valence electrons. The molecule has 3 amide bonds. The summed E-state index contributed by atoms with van der Waals surface area (Å²) in [7, 11) is 3.10. The molecule has 4 rings (SSSR count). The number of nitrogens with one attached hydrogen (secondary N) is 2. The number of fused-ring (bicyclic) bond motifs is 1. The first-order valence-corrected chi connectivity index (χ1v) is 10.0. The molecule has 0 bridgehead atoms. The maximum atomic E-state index is 12.5. The second-order valence-corrected chi connectivity index (χ2v) is 7.30. The number of nitrogens with zero attached hydrogens (tertiary/aromatic N) is 1. The maximum Gasteiger partial charge on any atom is 0.315 e. The summed E-state index contributed by atoms with van der Waals surface area (Å²) in [6, 6.07) is 12.0. The third-order valence-corrected chi connectivity index (χ3v) is 5.20. The number of carbonyl (C=O) groups excluding carboxylic acids is 2. The number of methoxy groups -OCH3 is 2. The van der Waals surface area contributed by atoms with E-state index in [2.05, 4.69) is 10.6 Å². The number of urea groups is 1. The second kappa shape index (κ2) is 9.03. The average molecular weight is 427 g/mol. The van der Waals surface area contributed by atoms with Gasteiger partial charge < -0.3 is 34.5 Å². The molecule has 1 saturated heterocycles. The van der Waals surface area contributed by atoms with E-state index in [-0.39, 0.29) is 30.5 Å². The summed E-state index contributed by atoms with van der Waals surface area (Å²) in [5.74, 6) is 2.41. The summed E-state index contributed by atoms with van der Waals surface area (Å²) in [6.45, 7) is 1.02. The minimum Gasteiger partial charge on any atom is -0.493 e. The first-order valence-electron chi connectivity index (χ1n) is 10.0. The van der Waals surface area contributed by atoms with Crippen molar-refractivity contribution in [2.45, 2.75) is 18.6 Å². The number of ether oxygens (including phenoxy) is 4. The van der Waals surface area contributed by atoms with Crippen molar-refractivity contribution in [3.63, 3.8) is 0 Å². The van der Waals surface area contributed by atoms with E-state index in [0.717, 1.165) is 0 Å². The van der Waals surface area contributed by atoms with Gasteiger partial charge in [-0.25, -0.2) is 4.79 Å². The Balaban J connectivity index is 1.28. The van der Waals surface area contributed by atoms with Crippen LogP contribution in [0, 0.1) is 0 Å². The van der Waals surface area contributed by atoms with Crippen molar-refractivity contribution < 1.29 is 28.5 Å². The number of carbonyl (C=O) groups is 2. The number of amides is 3. The highest BCUT2D eigenvalue weighted by Gasteiger charge is 2.32. The molecule has 31 heavy (non-hydrogen) atoms. The first-order chi connectivity index (χ1) is 15.1. The number of para-hydroxylation sites is 2. The number of hydrogen-bond donors (Lipinski definition) is 2. The number of anilines is 1. The largest absolute Gasteiger partial charge is 0.493 e. The molecule has 2 aliphatic rings. The molecule has 0 spiro atoms. The number of hydrogen-bond acceptors (Lipinski definition) is 6. The molecule has 9 heteroatoms. The Kier molecular flexibility index (Phi) is 6.01. The topological polar surface area (TPSA) is 98.4 Å². The SMILES string of the molecule is COc1ccc(N2CC(NC(=O)NCC3COc4ccccc4O3)CC2=O)cc1OC. The van der Waals surface area contributed by atoms with Gasteiger partial charge in [-0.05, 0) is 24.3 Å². The molecule has 0 aliphatic carbocycles. The van der Waals surface area contributed by atoms with E-state index in [1.54, 1.807) is 37.3 Å². The zero-order valence-corrected chi connectivity index (χ0v) is 17.4. The van der Waals surface area contributed by atoms with Crippen molar-refractivity contribution in [3.05, 3.63) is 42.5 Å². The fourth-order valence-electron chi connectivity index (χ4n) is 3.65. The van der Waals surface area contributed by atoms with Gasteiger partial charge in [-0.15, -0.1) is 0 Å². The predicted molar refractivity (Wildman–Crippen MR) is 113 cm³/mol. The van der Waals surface area contributed by atoms with Crippen molar-refractivity contribution >= 4 is 17.6 Å². The molecule has 2 atom stereocenters. The summed E-state index contributed by atoms with van der Waals surface area (Å²) in [6.07, 6.45) is -0.0628. The van der Waals surface area contributed by atoms with Crippen LogP contribution < -0.4 is 34.5 Å². The molecular weight excluding hydrogens is 402 g/mol. The molecule has 2 aliphatic heterocycles. The lowest BCUT2D eigenvalue weighted by molar-refractivity contribution is -0.117. The van der Waals surface area contributed by atoms with Gasteiger partial charge in [0.2, 0.25) is 5.91 Å². The second-order valence-electron chi connectivity index (χ2n) is 7.30. The highest BCUT2D eigenvalue weighted by molar-refractivity contribution is 5.97. The van der Waals surface area contributed by atoms with E-state index in [9.17, 15) is 9.59 Å². The van der Waals surface area contributed by atoms with Crippen LogP contribution in [-0.4, -0.2) is 58.0 Å². The third kappa shape index (κ3) is 4.60. The zero-order valence-electron chi connectivity index (χ0n) is 17.4. The molecule has 2 aromatic rings. The van der Waals surface area contributed by atoms with Gasteiger partial charge in [0, 0.05) is 24.7 Å². The van der Waals surface area contributed by atoms with Crippen LogP contribution >= 0.6 is 0 Å². The van der Waals surface area contributed by atoms with Gasteiger partial charge in [0.25, 0.3) is 0 Å². The Labute approximate surface area is 180 Å². The van der Waals surface area contributed by atoms with Crippen molar-refractivity contribution in [3.8, 4) is 23.0 Å². The Hall–Kier alpha value is -3.62. The maximum absolute atomic E-state index is 12.5. The highest BCUT2D eigenvalue weighted by Crippen LogP contribution is 2.33. The monoisotopic (exact) mass is 427 g/mol. The van der Waals surface area contributed by atoms with Gasteiger partial charge in [0.05, 0.1) is 26.8 Å². The zero-order chi connectivity index (χ0) is 21.8. The van der Waals surface area contributed by atoms with Crippen LogP contribution in [0.25, 0.3) is 0 Å². The molecule has 2 N–H and O–H groups in total. The molecule has 1 fully saturated rings. The van der Waals surface area contributed by atoms with Gasteiger partial charge in [-0.1, -0.05) is 12.1 Å². The molecule has 2 unspecified atom stereocenters. The van der Waals surface area contributed by atoms with Crippen LogP contribution in [-0.2, 0) is 4.79 Å². The fourth-order valence-corrected chi connectivity index (χ4v) is 3.65. The van der Waals surface area contributed by atoms with Crippen LogP contribution in [0.15, 0.2) is 42.5 Å². The van der Waals surface area contributed by atoms with Crippen molar-refractivity contribution in [2.24, 2.45) is 0 Å². The van der Waals surface area contributed by atoms with Crippen LogP contribution in [0.3, 0.4) is 0 Å². The van der Waals surface area contributed by atoms with Crippen LogP contribution in [0.4, 0.5) is 10.5 Å². The fraction of sp³-hybridized carbons (Fsp3) is 0.364. The van der Waals surface area contributed by atoms with Crippen LogP contribution in [0.5, 0.6) is 23.0 Å². The van der Waals surface area contributed by atoms with E-state index in [1.165, 1.54) is 0 Å². The normalized spacial score (nSPS) is 19.7. The van der Waals surface area contributed by atoms with Gasteiger partial charge in [0.15, 0.2) is 29.1 Å². The summed E-state index contributed by atoms with van der Waals surface area (Å²) < 4.78 is 22.0. The van der Waals surface area contributed by atoms with E-state index >= 15 is 0 Å². The van der Waals surface area contributed by atoms with E-state index < -0.39 is 0 Å². The Bertz CT molecular complexity index is 966. The van der Waals surface area contributed by atoms with Crippen molar-refractivity contribution in [1.82, 2.24) is 10.6 Å². The van der Waals surface area contributed by atoms with E-state index in [0.29, 0.717) is 48.4 Å². The predicted octanol–water partition coefficient (Wildman–Crippen LogP) is 1.95. The van der Waals surface area contributed by atoms with Gasteiger partial charge in [0.1, 0.15) is 6.61 Å². The Morgan fingerprint density at radius 1 is 1.13 bits per heavy atom. The summed E-state index contributed by atoms with van der Waals surface area (Å²) in [5, 5.41) is 5.65. The van der Waals surface area contributed by atoms with Gasteiger partial charge in [-0.2, -0.15) is 0 Å². The molecule has 9 nitrogen and oxygen atoms in total. The van der Waals surface area contributed by atoms with Gasteiger partial charge in [-0.3, -0.25) is 4.79 Å². The minimum absolute atomic E-state index is 0.0712. The lowest BCUT2D eigenvalue weighted by Gasteiger charge is -2.26. The van der Waals surface area contributed by atoms with Crippen LogP contribution in [0.2, 0.25) is 0 Å². The quantitative estimate of drug-likeness (QED) is 0.731. The van der Waals surface area contributed by atoms with Crippen LogP contribution in [0.1, 0.15) is 6.42 Å². The molecule has 2 heterocycles. The summed E-state index contributed by atoms with van der Waals surface area (Å²) in [4.78, 5) is 26.5. The van der Waals surface area contributed by atoms with Crippen molar-refractivity contribution in [1.29, 1.82) is 0 Å². The highest BCUT2D eigenvalue weighted by atomic mass is 16.6.